The Kier molecular flexibility index (Phi) is 5.02. The Labute approximate surface area is 149 Å². The Bertz CT molecular complexity index is 874. The van der Waals surface area contributed by atoms with Gasteiger partial charge in [-0.1, -0.05) is 59.3 Å². The predicted molar refractivity (Wildman–Crippen MR) is 97.3 cm³/mol. The van der Waals surface area contributed by atoms with Gasteiger partial charge in [0, 0.05) is 10.6 Å². The molecule has 0 amide bonds. The summed E-state index contributed by atoms with van der Waals surface area (Å²) < 4.78 is 1.90. The summed E-state index contributed by atoms with van der Waals surface area (Å²) in [7, 11) is 0. The van der Waals surface area contributed by atoms with E-state index in [1.165, 1.54) is 11.8 Å². The molecule has 0 aliphatic rings. The second-order valence-corrected chi connectivity index (χ2v) is 6.80. The molecule has 1 aromatic heterocycles. The summed E-state index contributed by atoms with van der Waals surface area (Å²) in [5.74, 6) is 1.13. The van der Waals surface area contributed by atoms with Crippen LogP contribution in [0.1, 0.15) is 21.7 Å². The number of rotatable bonds is 5. The van der Waals surface area contributed by atoms with Gasteiger partial charge in [0.25, 0.3) is 0 Å². The van der Waals surface area contributed by atoms with Crippen molar-refractivity contribution in [1.29, 1.82) is 0 Å². The minimum atomic E-state index is 0.0679. The highest BCUT2D eigenvalue weighted by Gasteiger charge is 2.14. The van der Waals surface area contributed by atoms with Crippen LogP contribution in [-0.4, -0.2) is 26.3 Å². The minimum absolute atomic E-state index is 0.0679. The Morgan fingerprint density at radius 3 is 2.58 bits per heavy atom. The van der Waals surface area contributed by atoms with E-state index in [2.05, 4.69) is 10.2 Å². The van der Waals surface area contributed by atoms with E-state index in [1.807, 2.05) is 66.9 Å². The summed E-state index contributed by atoms with van der Waals surface area (Å²) in [6.45, 7) is 3.87. The number of halogens is 1. The van der Waals surface area contributed by atoms with Gasteiger partial charge in [0.05, 0.1) is 11.4 Å². The van der Waals surface area contributed by atoms with Crippen molar-refractivity contribution in [3.05, 3.63) is 70.5 Å². The lowest BCUT2D eigenvalue weighted by Gasteiger charge is -2.08. The fourth-order valence-corrected chi connectivity index (χ4v) is 3.38. The van der Waals surface area contributed by atoms with Crippen LogP contribution in [0.25, 0.3) is 5.69 Å². The molecule has 24 heavy (non-hydrogen) atoms. The number of hydrogen-bond acceptors (Lipinski definition) is 4. The van der Waals surface area contributed by atoms with Crippen LogP contribution in [0.3, 0.4) is 0 Å². The molecule has 0 aliphatic carbocycles. The van der Waals surface area contributed by atoms with E-state index in [9.17, 15) is 4.79 Å². The van der Waals surface area contributed by atoms with Crippen LogP contribution in [-0.2, 0) is 0 Å². The third-order valence-corrected chi connectivity index (χ3v) is 4.73. The molecule has 6 heteroatoms. The molecular weight excluding hydrogens is 342 g/mol. The van der Waals surface area contributed by atoms with Crippen molar-refractivity contribution in [2.75, 3.05) is 5.75 Å². The molecule has 0 unspecified atom stereocenters. The maximum Gasteiger partial charge on any atom is 0.196 e. The second-order valence-electron chi connectivity index (χ2n) is 5.42. The Hall–Kier alpha value is -2.11. The van der Waals surface area contributed by atoms with Crippen LogP contribution < -0.4 is 0 Å². The maximum absolute atomic E-state index is 12.3. The molecule has 0 saturated heterocycles. The minimum Gasteiger partial charge on any atom is -0.293 e. The van der Waals surface area contributed by atoms with Gasteiger partial charge in [-0.2, -0.15) is 0 Å². The zero-order valence-electron chi connectivity index (χ0n) is 13.4. The monoisotopic (exact) mass is 357 g/mol. The van der Waals surface area contributed by atoms with E-state index < -0.39 is 0 Å². The van der Waals surface area contributed by atoms with E-state index in [-0.39, 0.29) is 5.78 Å². The fraction of sp³-hybridized carbons (Fsp3) is 0.167. The SMILES string of the molecule is Cc1ccc(C(=O)CSc2nnc(C)n2-c2cccc(Cl)c2)cc1. The van der Waals surface area contributed by atoms with Gasteiger partial charge in [0.2, 0.25) is 0 Å². The lowest BCUT2D eigenvalue weighted by Crippen LogP contribution is -2.05. The molecule has 2 aromatic carbocycles. The Morgan fingerprint density at radius 2 is 1.88 bits per heavy atom. The van der Waals surface area contributed by atoms with Crippen molar-refractivity contribution in [1.82, 2.24) is 14.8 Å². The van der Waals surface area contributed by atoms with E-state index in [4.69, 9.17) is 11.6 Å². The van der Waals surface area contributed by atoms with Gasteiger partial charge in [0.15, 0.2) is 10.9 Å². The van der Waals surface area contributed by atoms with Crippen molar-refractivity contribution in [2.24, 2.45) is 0 Å². The molecule has 0 saturated carbocycles. The van der Waals surface area contributed by atoms with Gasteiger partial charge >= 0.3 is 0 Å². The normalized spacial score (nSPS) is 10.8. The number of nitrogens with zero attached hydrogens (tertiary/aromatic N) is 3. The zero-order valence-corrected chi connectivity index (χ0v) is 14.9. The summed E-state index contributed by atoms with van der Waals surface area (Å²) in [5, 5.41) is 9.63. The van der Waals surface area contributed by atoms with Gasteiger partial charge in [-0.05, 0) is 32.0 Å². The summed E-state index contributed by atoms with van der Waals surface area (Å²) in [6, 6.07) is 15.1. The number of thioether (sulfide) groups is 1. The van der Waals surface area contributed by atoms with Crippen LogP contribution >= 0.6 is 23.4 Å². The summed E-state index contributed by atoms with van der Waals surface area (Å²) >= 11 is 7.44. The third-order valence-electron chi connectivity index (χ3n) is 3.57. The highest BCUT2D eigenvalue weighted by Crippen LogP contribution is 2.24. The molecule has 0 bridgehead atoms. The first-order valence-electron chi connectivity index (χ1n) is 7.45. The van der Waals surface area contributed by atoms with E-state index in [1.54, 1.807) is 0 Å². The smallest absolute Gasteiger partial charge is 0.196 e. The van der Waals surface area contributed by atoms with Crippen LogP contribution in [0, 0.1) is 13.8 Å². The standard InChI is InChI=1S/C18H16ClN3OS/c1-12-6-8-14(9-7-12)17(23)11-24-18-21-20-13(2)22(18)16-5-3-4-15(19)10-16/h3-10H,11H2,1-2H3. The number of ketones is 1. The molecule has 3 aromatic rings. The lowest BCUT2D eigenvalue weighted by atomic mass is 10.1. The average molecular weight is 358 g/mol. The predicted octanol–water partition coefficient (Wildman–Crippen LogP) is 4.51. The molecule has 122 valence electrons. The van der Waals surface area contributed by atoms with E-state index in [0.29, 0.717) is 21.5 Å². The highest BCUT2D eigenvalue weighted by atomic mass is 35.5. The Morgan fingerprint density at radius 1 is 1.12 bits per heavy atom. The van der Waals surface area contributed by atoms with Crippen LogP contribution in [0.15, 0.2) is 53.7 Å². The largest absolute Gasteiger partial charge is 0.293 e. The lowest BCUT2D eigenvalue weighted by molar-refractivity contribution is 0.102. The molecule has 0 radical (unpaired) electrons. The van der Waals surface area contributed by atoms with Gasteiger partial charge in [0.1, 0.15) is 5.82 Å². The van der Waals surface area contributed by atoms with Crippen LogP contribution in [0.2, 0.25) is 5.02 Å². The van der Waals surface area contributed by atoms with Gasteiger partial charge in [-0.25, -0.2) is 0 Å². The molecule has 3 rings (SSSR count). The van der Waals surface area contributed by atoms with Crippen molar-refractivity contribution >= 4 is 29.1 Å². The summed E-state index contributed by atoms with van der Waals surface area (Å²) in [4.78, 5) is 12.3. The zero-order chi connectivity index (χ0) is 17.1. The molecule has 1 heterocycles. The van der Waals surface area contributed by atoms with Crippen molar-refractivity contribution in [3.63, 3.8) is 0 Å². The Balaban J connectivity index is 1.79. The van der Waals surface area contributed by atoms with Crippen molar-refractivity contribution in [2.45, 2.75) is 19.0 Å². The maximum atomic E-state index is 12.3. The topological polar surface area (TPSA) is 47.8 Å². The highest BCUT2D eigenvalue weighted by molar-refractivity contribution is 7.99. The van der Waals surface area contributed by atoms with E-state index >= 15 is 0 Å². The number of benzene rings is 2. The first-order chi connectivity index (χ1) is 11.5. The fourth-order valence-electron chi connectivity index (χ4n) is 2.30. The van der Waals surface area contributed by atoms with E-state index in [0.717, 1.165) is 17.1 Å². The number of Topliss-reactive ketones (excluding diaryl/α,β-unsaturated/α-hetero) is 1. The van der Waals surface area contributed by atoms with Gasteiger partial charge < -0.3 is 0 Å². The number of hydrogen-bond donors (Lipinski definition) is 0. The van der Waals surface area contributed by atoms with Gasteiger partial charge in [-0.3, -0.25) is 9.36 Å². The average Bonchev–Trinajstić information content (AvgIpc) is 2.94. The number of carbonyl (C=O) groups is 1. The molecule has 0 fully saturated rings. The van der Waals surface area contributed by atoms with Gasteiger partial charge in [-0.15, -0.1) is 10.2 Å². The molecule has 0 aliphatic heterocycles. The van der Waals surface area contributed by atoms with Crippen molar-refractivity contribution < 1.29 is 4.79 Å². The quantitative estimate of drug-likeness (QED) is 0.498. The molecule has 0 N–H and O–H groups in total. The molecule has 0 spiro atoms. The third kappa shape index (κ3) is 3.68. The summed E-state index contributed by atoms with van der Waals surface area (Å²) in [6.07, 6.45) is 0. The number of carbonyl (C=O) groups excluding carboxylic acids is 1. The van der Waals surface area contributed by atoms with Crippen LogP contribution in [0.4, 0.5) is 0 Å². The first kappa shape index (κ1) is 16.7. The summed E-state index contributed by atoms with van der Waals surface area (Å²) in [5.41, 5.74) is 2.73. The molecular formula is C18H16ClN3OS. The first-order valence-corrected chi connectivity index (χ1v) is 8.81. The second kappa shape index (κ2) is 7.20. The number of aryl methyl sites for hydroxylation is 2. The number of aromatic nitrogens is 3. The van der Waals surface area contributed by atoms with Crippen molar-refractivity contribution in [3.8, 4) is 5.69 Å². The van der Waals surface area contributed by atoms with Crippen LogP contribution in [0.5, 0.6) is 0 Å². The molecule has 4 nitrogen and oxygen atoms in total. The molecule has 0 atom stereocenters.